The standard InChI is InChI=1S/C11H17N5O2S/c1-8-11(7-16(4)13-8)9(2)14-19(17,18)10-5-12-15(3)6-10/h5-7,9,14H,1-4H3. The van der Waals surface area contributed by atoms with Crippen molar-refractivity contribution < 1.29 is 8.42 Å². The second-order valence-electron chi connectivity index (χ2n) is 4.54. The normalized spacial score (nSPS) is 13.7. The lowest BCUT2D eigenvalue weighted by Gasteiger charge is -2.12. The van der Waals surface area contributed by atoms with E-state index in [0.29, 0.717) is 0 Å². The van der Waals surface area contributed by atoms with Crippen molar-refractivity contribution >= 4 is 10.0 Å². The summed E-state index contributed by atoms with van der Waals surface area (Å²) in [6, 6.07) is -0.348. The third-order valence-electron chi connectivity index (χ3n) is 2.84. The molecule has 0 amide bonds. The summed E-state index contributed by atoms with van der Waals surface area (Å²) in [4.78, 5) is 0.156. The number of sulfonamides is 1. The van der Waals surface area contributed by atoms with Crippen molar-refractivity contribution in [3.63, 3.8) is 0 Å². The van der Waals surface area contributed by atoms with Crippen LogP contribution < -0.4 is 4.72 Å². The molecule has 0 radical (unpaired) electrons. The van der Waals surface area contributed by atoms with E-state index in [9.17, 15) is 8.42 Å². The van der Waals surface area contributed by atoms with Crippen molar-refractivity contribution in [1.82, 2.24) is 24.3 Å². The Hall–Kier alpha value is -1.67. The van der Waals surface area contributed by atoms with Crippen LogP contribution in [0.15, 0.2) is 23.5 Å². The van der Waals surface area contributed by atoms with Gasteiger partial charge in [-0.2, -0.15) is 10.2 Å². The molecule has 1 N–H and O–H groups in total. The van der Waals surface area contributed by atoms with E-state index in [4.69, 9.17) is 0 Å². The second-order valence-corrected chi connectivity index (χ2v) is 6.25. The summed E-state index contributed by atoms with van der Waals surface area (Å²) in [5.74, 6) is 0. The monoisotopic (exact) mass is 283 g/mol. The Morgan fingerprint density at radius 3 is 2.42 bits per heavy atom. The van der Waals surface area contributed by atoms with Gasteiger partial charge < -0.3 is 0 Å². The van der Waals surface area contributed by atoms with Crippen molar-refractivity contribution in [2.75, 3.05) is 0 Å². The molecule has 0 saturated heterocycles. The van der Waals surface area contributed by atoms with Crippen LogP contribution in [0.1, 0.15) is 24.2 Å². The number of nitrogens with zero attached hydrogens (tertiary/aromatic N) is 4. The van der Waals surface area contributed by atoms with Crippen LogP contribution in [-0.4, -0.2) is 28.0 Å². The van der Waals surface area contributed by atoms with Gasteiger partial charge in [0.15, 0.2) is 0 Å². The molecule has 0 aromatic carbocycles. The fourth-order valence-electron chi connectivity index (χ4n) is 1.94. The van der Waals surface area contributed by atoms with E-state index in [-0.39, 0.29) is 10.9 Å². The Labute approximate surface area is 112 Å². The van der Waals surface area contributed by atoms with E-state index in [0.717, 1.165) is 11.3 Å². The lowest BCUT2D eigenvalue weighted by Crippen LogP contribution is -2.26. The molecule has 2 rings (SSSR count). The highest BCUT2D eigenvalue weighted by Crippen LogP contribution is 2.18. The molecule has 0 bridgehead atoms. The molecule has 104 valence electrons. The van der Waals surface area contributed by atoms with Crippen LogP contribution in [0.25, 0.3) is 0 Å². The van der Waals surface area contributed by atoms with Gasteiger partial charge in [-0.15, -0.1) is 0 Å². The molecule has 2 heterocycles. The summed E-state index contributed by atoms with van der Waals surface area (Å²) in [5.41, 5.74) is 1.67. The molecule has 0 fully saturated rings. The van der Waals surface area contributed by atoms with Crippen LogP contribution in [-0.2, 0) is 24.1 Å². The van der Waals surface area contributed by atoms with Gasteiger partial charge >= 0.3 is 0 Å². The van der Waals surface area contributed by atoms with Crippen molar-refractivity contribution in [3.8, 4) is 0 Å². The minimum Gasteiger partial charge on any atom is -0.275 e. The van der Waals surface area contributed by atoms with Crippen LogP contribution in [0.4, 0.5) is 0 Å². The summed E-state index contributed by atoms with van der Waals surface area (Å²) >= 11 is 0. The van der Waals surface area contributed by atoms with Crippen LogP contribution in [0.2, 0.25) is 0 Å². The van der Waals surface area contributed by atoms with Gasteiger partial charge in [0.1, 0.15) is 4.90 Å². The van der Waals surface area contributed by atoms with Gasteiger partial charge in [-0.25, -0.2) is 13.1 Å². The third kappa shape index (κ3) is 2.85. The zero-order chi connectivity index (χ0) is 14.2. The van der Waals surface area contributed by atoms with E-state index < -0.39 is 10.0 Å². The van der Waals surface area contributed by atoms with E-state index in [1.165, 1.54) is 17.1 Å². The molecule has 1 atom stereocenters. The molecule has 7 nitrogen and oxygen atoms in total. The molecule has 8 heteroatoms. The molecule has 0 aliphatic heterocycles. The Morgan fingerprint density at radius 1 is 1.26 bits per heavy atom. The highest BCUT2D eigenvalue weighted by molar-refractivity contribution is 7.89. The topological polar surface area (TPSA) is 81.8 Å². The molecule has 1 unspecified atom stereocenters. The molecule has 0 saturated carbocycles. The number of nitrogens with one attached hydrogen (secondary N) is 1. The second kappa shape index (κ2) is 4.78. The first-order valence-corrected chi connectivity index (χ1v) is 7.29. The molecular formula is C11H17N5O2S. The zero-order valence-corrected chi connectivity index (χ0v) is 12.1. The number of hydrogen-bond donors (Lipinski definition) is 1. The fraction of sp³-hybridized carbons (Fsp3) is 0.455. The number of aryl methyl sites for hydroxylation is 3. The van der Waals surface area contributed by atoms with Gasteiger partial charge in [-0.1, -0.05) is 0 Å². The fourth-order valence-corrected chi connectivity index (χ4v) is 3.15. The summed E-state index contributed by atoms with van der Waals surface area (Å²) in [6.07, 6.45) is 4.60. The molecular weight excluding hydrogens is 266 g/mol. The van der Waals surface area contributed by atoms with Crippen LogP contribution in [0.5, 0.6) is 0 Å². The van der Waals surface area contributed by atoms with Gasteiger partial charge in [0.2, 0.25) is 10.0 Å². The summed E-state index contributed by atoms with van der Waals surface area (Å²) in [6.45, 7) is 3.64. The van der Waals surface area contributed by atoms with Crippen molar-refractivity contribution in [2.45, 2.75) is 24.8 Å². The lowest BCUT2D eigenvalue weighted by atomic mass is 10.1. The van der Waals surface area contributed by atoms with Crippen LogP contribution in [0.3, 0.4) is 0 Å². The first kappa shape index (κ1) is 13.8. The van der Waals surface area contributed by atoms with E-state index in [1.807, 2.05) is 13.1 Å². The van der Waals surface area contributed by atoms with Crippen molar-refractivity contribution in [2.24, 2.45) is 14.1 Å². The molecule has 2 aromatic heterocycles. The maximum atomic E-state index is 12.2. The van der Waals surface area contributed by atoms with E-state index in [1.54, 1.807) is 25.7 Å². The quantitative estimate of drug-likeness (QED) is 0.886. The third-order valence-corrected chi connectivity index (χ3v) is 4.34. The Morgan fingerprint density at radius 2 is 1.95 bits per heavy atom. The van der Waals surface area contributed by atoms with Crippen molar-refractivity contribution in [1.29, 1.82) is 0 Å². The number of hydrogen-bond acceptors (Lipinski definition) is 4. The average Bonchev–Trinajstić information content (AvgIpc) is 2.84. The van der Waals surface area contributed by atoms with Crippen molar-refractivity contribution in [3.05, 3.63) is 29.8 Å². The largest absolute Gasteiger partial charge is 0.275 e. The number of aromatic nitrogens is 4. The zero-order valence-electron chi connectivity index (χ0n) is 11.3. The van der Waals surface area contributed by atoms with Crippen LogP contribution in [0, 0.1) is 6.92 Å². The van der Waals surface area contributed by atoms with Gasteiger partial charge in [0, 0.05) is 38.1 Å². The van der Waals surface area contributed by atoms with E-state index >= 15 is 0 Å². The SMILES string of the molecule is Cc1nn(C)cc1C(C)NS(=O)(=O)c1cnn(C)c1. The van der Waals surface area contributed by atoms with Crippen LogP contribution >= 0.6 is 0 Å². The molecule has 0 spiro atoms. The molecule has 0 aliphatic rings. The summed E-state index contributed by atoms with van der Waals surface area (Å²) < 4.78 is 30.1. The Bertz CT molecular complexity index is 686. The highest BCUT2D eigenvalue weighted by Gasteiger charge is 2.21. The van der Waals surface area contributed by atoms with Gasteiger partial charge in [-0.3, -0.25) is 9.36 Å². The molecule has 2 aromatic rings. The predicted octanol–water partition coefficient (Wildman–Crippen LogP) is 0.502. The Balaban J connectivity index is 2.23. The van der Waals surface area contributed by atoms with Gasteiger partial charge in [0.05, 0.1) is 11.9 Å². The van der Waals surface area contributed by atoms with Gasteiger partial charge in [-0.05, 0) is 13.8 Å². The highest BCUT2D eigenvalue weighted by atomic mass is 32.2. The minimum atomic E-state index is -3.56. The Kier molecular flexibility index (Phi) is 3.46. The summed E-state index contributed by atoms with van der Waals surface area (Å²) in [7, 11) is -0.0860. The number of rotatable bonds is 4. The first-order chi connectivity index (χ1) is 8.79. The first-order valence-electron chi connectivity index (χ1n) is 5.80. The maximum Gasteiger partial charge on any atom is 0.244 e. The lowest BCUT2D eigenvalue weighted by molar-refractivity contribution is 0.566. The summed E-state index contributed by atoms with van der Waals surface area (Å²) in [5, 5.41) is 8.07. The minimum absolute atomic E-state index is 0.156. The molecule has 19 heavy (non-hydrogen) atoms. The van der Waals surface area contributed by atoms with Gasteiger partial charge in [0.25, 0.3) is 0 Å². The predicted molar refractivity (Wildman–Crippen MR) is 69.9 cm³/mol. The maximum absolute atomic E-state index is 12.2. The molecule has 0 aliphatic carbocycles. The average molecular weight is 283 g/mol. The smallest absolute Gasteiger partial charge is 0.244 e. The van der Waals surface area contributed by atoms with E-state index in [2.05, 4.69) is 14.9 Å².